The van der Waals surface area contributed by atoms with E-state index in [2.05, 4.69) is 45.1 Å². The summed E-state index contributed by atoms with van der Waals surface area (Å²) in [6.07, 6.45) is 4.91. The van der Waals surface area contributed by atoms with E-state index in [4.69, 9.17) is 15.2 Å². The van der Waals surface area contributed by atoms with E-state index in [1.54, 1.807) is 0 Å². The van der Waals surface area contributed by atoms with Crippen molar-refractivity contribution < 1.29 is 18.7 Å². The van der Waals surface area contributed by atoms with Gasteiger partial charge in [0.1, 0.15) is 12.4 Å². The highest BCUT2D eigenvalue weighted by Crippen LogP contribution is 2.73. The van der Waals surface area contributed by atoms with Gasteiger partial charge in [-0.2, -0.15) is 0 Å². The summed E-state index contributed by atoms with van der Waals surface area (Å²) in [5.41, 5.74) is 6.59. The van der Waals surface area contributed by atoms with Gasteiger partial charge in [-0.15, -0.1) is 0 Å². The summed E-state index contributed by atoms with van der Waals surface area (Å²) in [6, 6.07) is 8.13. The molecule has 3 aliphatic carbocycles. The Morgan fingerprint density at radius 3 is 2.26 bits per heavy atom. The standard InChI is InChI=1S/C25H35FN2O3/c1-22(2)9-19(10-23(3,4)31-22)28-21(29)25-14-24(15-25,16-25)18-5-7-20(8-6-18)30-13-17(11-26)12-27/h5-8,11,19H,9-10,12-16,27H2,1-4H3,(H,28,29). The van der Waals surface area contributed by atoms with Crippen LogP contribution >= 0.6 is 0 Å². The van der Waals surface area contributed by atoms with E-state index in [0.717, 1.165) is 32.1 Å². The lowest BCUT2D eigenvalue weighted by molar-refractivity contribution is -0.184. The highest BCUT2D eigenvalue weighted by atomic mass is 19.1. The first-order valence-electron chi connectivity index (χ1n) is 11.2. The monoisotopic (exact) mass is 430 g/mol. The van der Waals surface area contributed by atoms with E-state index in [0.29, 0.717) is 17.7 Å². The molecule has 0 radical (unpaired) electrons. The van der Waals surface area contributed by atoms with Crippen LogP contribution in [0.15, 0.2) is 36.2 Å². The molecule has 5 nitrogen and oxygen atoms in total. The van der Waals surface area contributed by atoms with Crippen LogP contribution in [-0.2, 0) is 14.9 Å². The van der Waals surface area contributed by atoms with E-state index >= 15 is 0 Å². The van der Waals surface area contributed by atoms with Crippen molar-refractivity contribution in [3.05, 3.63) is 41.7 Å². The Morgan fingerprint density at radius 2 is 1.74 bits per heavy atom. The van der Waals surface area contributed by atoms with Crippen molar-refractivity contribution in [2.75, 3.05) is 13.2 Å². The van der Waals surface area contributed by atoms with E-state index in [-0.39, 0.29) is 47.1 Å². The largest absolute Gasteiger partial charge is 0.489 e. The van der Waals surface area contributed by atoms with Gasteiger partial charge < -0.3 is 20.5 Å². The highest BCUT2D eigenvalue weighted by Gasteiger charge is 2.71. The van der Waals surface area contributed by atoms with E-state index in [9.17, 15) is 9.18 Å². The molecule has 1 saturated heterocycles. The number of hydrogen-bond donors (Lipinski definition) is 2. The van der Waals surface area contributed by atoms with Crippen LogP contribution in [-0.4, -0.2) is 36.3 Å². The van der Waals surface area contributed by atoms with Crippen LogP contribution in [0.5, 0.6) is 5.75 Å². The maximum absolute atomic E-state index is 13.1. The lowest BCUT2D eigenvalue weighted by Gasteiger charge is -2.70. The van der Waals surface area contributed by atoms with Gasteiger partial charge in [-0.1, -0.05) is 12.1 Å². The Kier molecular flexibility index (Phi) is 5.46. The fourth-order valence-corrected chi connectivity index (χ4v) is 6.08. The average molecular weight is 431 g/mol. The second-order valence-electron chi connectivity index (χ2n) is 11.1. The number of carbonyl (C=O) groups is 1. The van der Waals surface area contributed by atoms with Crippen LogP contribution in [0.2, 0.25) is 0 Å². The van der Waals surface area contributed by atoms with Crippen molar-refractivity contribution in [1.29, 1.82) is 0 Å². The number of amides is 1. The minimum absolute atomic E-state index is 0.116. The molecule has 1 aromatic rings. The van der Waals surface area contributed by atoms with Crippen molar-refractivity contribution in [3.8, 4) is 5.75 Å². The first kappa shape index (κ1) is 22.3. The predicted molar refractivity (Wildman–Crippen MR) is 119 cm³/mol. The summed E-state index contributed by atoms with van der Waals surface area (Å²) in [7, 11) is 0. The molecule has 0 spiro atoms. The maximum Gasteiger partial charge on any atom is 0.226 e. The third-order valence-electron chi connectivity index (χ3n) is 7.18. The van der Waals surface area contributed by atoms with Gasteiger partial charge >= 0.3 is 0 Å². The van der Waals surface area contributed by atoms with Crippen molar-refractivity contribution in [1.82, 2.24) is 5.32 Å². The number of benzene rings is 1. The van der Waals surface area contributed by atoms with Crippen LogP contribution in [0.3, 0.4) is 0 Å². The molecule has 0 aromatic heterocycles. The first-order chi connectivity index (χ1) is 14.5. The summed E-state index contributed by atoms with van der Waals surface area (Å²) >= 11 is 0. The Hall–Kier alpha value is -1.92. The molecule has 3 N–H and O–H groups in total. The van der Waals surface area contributed by atoms with Crippen LogP contribution in [0.4, 0.5) is 4.39 Å². The van der Waals surface area contributed by atoms with Gasteiger partial charge in [0, 0.05) is 18.2 Å². The molecule has 1 amide bonds. The van der Waals surface area contributed by atoms with Crippen LogP contribution in [0, 0.1) is 5.41 Å². The SMILES string of the molecule is CC1(C)CC(NC(=O)C23CC(c4ccc(OCC(=CF)CN)cc4)(C2)C3)CC(C)(C)O1. The van der Waals surface area contributed by atoms with Gasteiger partial charge in [-0.05, 0) is 82.9 Å². The highest BCUT2D eigenvalue weighted by molar-refractivity contribution is 5.87. The molecule has 0 unspecified atom stereocenters. The molecule has 6 heteroatoms. The molecule has 5 rings (SSSR count). The van der Waals surface area contributed by atoms with Crippen molar-refractivity contribution >= 4 is 5.91 Å². The Morgan fingerprint density at radius 1 is 1.16 bits per heavy atom. The third-order valence-corrected chi connectivity index (χ3v) is 7.18. The zero-order valence-corrected chi connectivity index (χ0v) is 19.1. The van der Waals surface area contributed by atoms with E-state index in [1.165, 1.54) is 5.56 Å². The van der Waals surface area contributed by atoms with Crippen molar-refractivity contribution in [2.45, 2.75) is 82.5 Å². The summed E-state index contributed by atoms with van der Waals surface area (Å²) in [6.45, 7) is 8.69. The van der Waals surface area contributed by atoms with Crippen LogP contribution in [0.1, 0.15) is 65.4 Å². The number of nitrogens with one attached hydrogen (secondary N) is 1. The molecular formula is C25H35FN2O3. The molecular weight excluding hydrogens is 395 g/mol. The number of halogens is 1. The van der Waals surface area contributed by atoms with Gasteiger partial charge in [0.2, 0.25) is 5.91 Å². The van der Waals surface area contributed by atoms with Gasteiger partial charge in [-0.3, -0.25) is 4.79 Å². The predicted octanol–water partition coefficient (Wildman–Crippen LogP) is 4.15. The summed E-state index contributed by atoms with van der Waals surface area (Å²) in [5, 5.41) is 3.34. The number of hydrogen-bond acceptors (Lipinski definition) is 4. The van der Waals surface area contributed by atoms with Crippen molar-refractivity contribution in [3.63, 3.8) is 0 Å². The number of nitrogens with two attached hydrogens (primary N) is 1. The lowest BCUT2D eigenvalue weighted by Crippen LogP contribution is -2.71. The molecule has 0 atom stereocenters. The van der Waals surface area contributed by atoms with Gasteiger partial charge in [-0.25, -0.2) is 4.39 Å². The first-order valence-corrected chi connectivity index (χ1v) is 11.2. The zero-order chi connectivity index (χ0) is 22.5. The molecule has 1 heterocycles. The number of rotatable bonds is 7. The maximum atomic E-state index is 13.1. The number of carbonyl (C=O) groups excluding carboxylic acids is 1. The third kappa shape index (κ3) is 4.24. The minimum atomic E-state index is -0.227. The van der Waals surface area contributed by atoms with Crippen LogP contribution < -0.4 is 15.8 Å². The summed E-state index contributed by atoms with van der Waals surface area (Å²) in [5.74, 6) is 0.903. The molecule has 4 aliphatic rings. The molecule has 2 bridgehead atoms. The Bertz CT molecular complexity index is 839. The molecule has 4 fully saturated rings. The molecule has 3 saturated carbocycles. The van der Waals surface area contributed by atoms with E-state index < -0.39 is 0 Å². The summed E-state index contributed by atoms with van der Waals surface area (Å²) < 4.78 is 24.3. The Labute approximate surface area is 184 Å². The minimum Gasteiger partial charge on any atom is -0.489 e. The van der Waals surface area contributed by atoms with Gasteiger partial charge in [0.15, 0.2) is 0 Å². The molecule has 31 heavy (non-hydrogen) atoms. The summed E-state index contributed by atoms with van der Waals surface area (Å²) in [4.78, 5) is 13.1. The quantitative estimate of drug-likeness (QED) is 0.682. The zero-order valence-electron chi connectivity index (χ0n) is 19.1. The van der Waals surface area contributed by atoms with Gasteiger partial charge in [0.25, 0.3) is 0 Å². The Balaban J connectivity index is 1.31. The molecule has 1 aliphatic heterocycles. The molecule has 170 valence electrons. The average Bonchev–Trinajstić information content (AvgIpc) is 2.58. The number of ether oxygens (including phenoxy) is 2. The second kappa shape index (κ2) is 7.59. The fraction of sp³-hybridized carbons (Fsp3) is 0.640. The topological polar surface area (TPSA) is 73.6 Å². The second-order valence-corrected chi connectivity index (χ2v) is 11.1. The van der Waals surface area contributed by atoms with E-state index in [1.807, 2.05) is 12.1 Å². The molecule has 1 aromatic carbocycles. The fourth-order valence-electron chi connectivity index (χ4n) is 6.08. The van der Waals surface area contributed by atoms with Crippen molar-refractivity contribution in [2.24, 2.45) is 11.1 Å². The van der Waals surface area contributed by atoms with Gasteiger partial charge in [0.05, 0.1) is 22.9 Å². The normalized spacial score (nSPS) is 31.4. The lowest BCUT2D eigenvalue weighted by atomic mass is 9.33. The smallest absolute Gasteiger partial charge is 0.226 e. The van der Waals surface area contributed by atoms with Crippen LogP contribution in [0.25, 0.3) is 0 Å².